The van der Waals surface area contributed by atoms with Crippen LogP contribution in [0.3, 0.4) is 0 Å². The van der Waals surface area contributed by atoms with E-state index in [0.29, 0.717) is 0 Å². The van der Waals surface area contributed by atoms with Crippen LogP contribution in [0.2, 0.25) is 0 Å². The number of ether oxygens (including phenoxy) is 13. The fraction of sp³-hybridized carbons (Fsp3) is 0.933. The molecule has 4 aliphatic heterocycles. The summed E-state index contributed by atoms with van der Waals surface area (Å²) in [4.78, 5) is 25.3. The van der Waals surface area contributed by atoms with E-state index in [9.17, 15) is 77.3 Å². The Morgan fingerprint density at radius 3 is 1.22 bits per heavy atom. The van der Waals surface area contributed by atoms with E-state index < -0.39 is 190 Å². The summed E-state index contributed by atoms with van der Waals surface area (Å²) in [7, 11) is -16.6. The second-order valence-electron chi connectivity index (χ2n) is 14.5. The van der Waals surface area contributed by atoms with Crippen LogP contribution in [-0.4, -0.2) is 263 Å². The first-order valence-corrected chi connectivity index (χ1v) is 24.5. The smallest absolute Gasteiger partial charge is 0.397 e. The van der Waals surface area contributed by atoms with Gasteiger partial charge in [-0.05, 0) is 0 Å². The van der Waals surface area contributed by atoms with Gasteiger partial charge in [-0.1, -0.05) is 0 Å². The number of aliphatic hydroxyl groups is 2. The normalized spacial score (nSPS) is 39.5. The van der Waals surface area contributed by atoms with Crippen molar-refractivity contribution in [1.29, 1.82) is 0 Å². The summed E-state index contributed by atoms with van der Waals surface area (Å²) in [6.45, 7) is -2.64. The minimum Gasteiger partial charge on any atom is -0.479 e. The summed E-state index contributed by atoms with van der Waals surface area (Å²) in [5.74, 6) is -3.84. The topological polar surface area (TPSA) is 489 Å². The highest BCUT2D eigenvalue weighted by atomic mass is 32.3. The average molecular weight is 1100 g/mol. The minimum atomic E-state index is -5.96. The molecular weight excluding hydrogens is 1050 g/mol. The molecule has 0 unspecified atom stereocenters. The largest absolute Gasteiger partial charge is 0.479 e. The number of hydrogen-bond donors (Lipinski definition) is 8. The summed E-state index contributed by atoms with van der Waals surface area (Å²) in [5.41, 5.74) is 0. The Hall–Kier alpha value is -2.18. The lowest BCUT2D eigenvalue weighted by Gasteiger charge is -2.50. The van der Waals surface area contributed by atoms with Gasteiger partial charge in [0.1, 0.15) is 79.4 Å². The van der Waals surface area contributed by atoms with E-state index in [-0.39, 0.29) is 0 Å². The van der Waals surface area contributed by atoms with Gasteiger partial charge in [-0.2, -0.15) is 33.7 Å². The molecule has 0 spiro atoms. The molecule has 0 saturated carbocycles. The molecule has 0 amide bonds. The first kappa shape index (κ1) is 59.4. The standard InChI is InChI=1S/C30H50O35S4/c1-49-13-11(31)9(7-55-66(37,38)39)57-28(22(13)53-5)61-17-15(51-3)23(54-6)29(63-20(17)26(34)35)60-12-10(8-56-67(40,41)42)58-30(24(65-69(46,47)48)18(12)64-68(43,44)45)62-16-14(50-2)21(52-4)27(36)59-19(16)25(32)33/h9-24,27-31,36H,7-8H2,1-6H3,(H,32,33)(H,34,35)(H,37,38,39)(H,40,41,42)(H,43,44,45)(H,46,47,48)/t9-,10-,11-,12+,13+,14+,15+,16+,17+,18+,19-,20+,21-,22-,23-,24-,27-,28-,29-,30-/m1/s1. The van der Waals surface area contributed by atoms with Crippen LogP contribution >= 0.6 is 0 Å². The molecule has 0 aromatic rings. The minimum absolute atomic E-state index is 0.918. The molecule has 20 atom stereocenters. The van der Waals surface area contributed by atoms with Gasteiger partial charge in [0, 0.05) is 42.7 Å². The average Bonchev–Trinajstić information content (AvgIpc) is 3.23. The second-order valence-corrected chi connectivity index (χ2v) is 18.8. The molecule has 35 nitrogen and oxygen atoms in total. The molecule has 0 aliphatic carbocycles. The molecule has 0 aromatic carbocycles. The summed E-state index contributed by atoms with van der Waals surface area (Å²) >= 11 is 0. The summed E-state index contributed by atoms with van der Waals surface area (Å²) < 4.78 is 224. The number of methoxy groups -OCH3 is 6. The monoisotopic (exact) mass is 1100 g/mol. The Balaban J connectivity index is 1.84. The first-order chi connectivity index (χ1) is 31.9. The molecule has 8 N–H and O–H groups in total. The van der Waals surface area contributed by atoms with Crippen molar-refractivity contribution in [2.45, 2.75) is 123 Å². The number of aliphatic carboxylic acids is 2. The van der Waals surface area contributed by atoms with E-state index in [2.05, 4.69) is 12.5 Å². The number of carboxylic acids is 2. The van der Waals surface area contributed by atoms with Crippen LogP contribution in [0.1, 0.15) is 0 Å². The van der Waals surface area contributed by atoms with Gasteiger partial charge < -0.3 is 82.0 Å². The van der Waals surface area contributed by atoms with Crippen LogP contribution in [0.15, 0.2) is 0 Å². The van der Waals surface area contributed by atoms with Gasteiger partial charge >= 0.3 is 53.5 Å². The SMILES string of the molecule is CO[C@@H]1[C@@H](OC)[C@H](O[C@@H]2[C@H](OS(=O)(=O)O)[C@@H](OS(=O)(=O)O)[C@@H](O[C@H]3[C@H](OC)[C@@H](OC)[C@H](O)O[C@H]3C(=O)O)O[C@@H]2COS(=O)(=O)O)O[C@H](C(=O)O)[C@H]1O[C@H]1O[C@H](COS(=O)(=O)O)[C@@H](O)[C@H](OC)[C@H]1OC. The van der Waals surface area contributed by atoms with Crippen molar-refractivity contribution >= 4 is 53.5 Å². The summed E-state index contributed by atoms with van der Waals surface area (Å²) in [6, 6.07) is 0. The lowest BCUT2D eigenvalue weighted by Crippen LogP contribution is -2.69. The van der Waals surface area contributed by atoms with Gasteiger partial charge in [0.2, 0.25) is 0 Å². The Morgan fingerprint density at radius 2 is 0.783 bits per heavy atom. The molecule has 0 aromatic heterocycles. The van der Waals surface area contributed by atoms with E-state index in [1.165, 1.54) is 0 Å². The van der Waals surface area contributed by atoms with E-state index in [4.69, 9.17) is 70.3 Å². The zero-order valence-electron chi connectivity index (χ0n) is 36.2. The van der Waals surface area contributed by atoms with Gasteiger partial charge in [-0.25, -0.2) is 26.3 Å². The van der Waals surface area contributed by atoms with Crippen molar-refractivity contribution in [3.63, 3.8) is 0 Å². The van der Waals surface area contributed by atoms with Gasteiger partial charge in [0.25, 0.3) is 0 Å². The molecule has 0 radical (unpaired) electrons. The Kier molecular flexibility index (Phi) is 20.9. The highest BCUT2D eigenvalue weighted by molar-refractivity contribution is 7.81. The maximum absolute atomic E-state index is 13.0. The van der Waals surface area contributed by atoms with Gasteiger partial charge in [0.15, 0.2) is 43.5 Å². The zero-order valence-corrected chi connectivity index (χ0v) is 39.5. The number of aliphatic hydroxyl groups excluding tert-OH is 2. The van der Waals surface area contributed by atoms with E-state index >= 15 is 0 Å². The van der Waals surface area contributed by atoms with Crippen LogP contribution in [0.5, 0.6) is 0 Å². The van der Waals surface area contributed by atoms with Gasteiger partial charge in [0.05, 0.1) is 13.2 Å². The highest BCUT2D eigenvalue weighted by Gasteiger charge is 2.60. The molecular formula is C30H50O35S4. The Morgan fingerprint density at radius 1 is 0.420 bits per heavy atom. The summed E-state index contributed by atoms with van der Waals surface area (Å²) in [6.07, 6.45) is -42.2. The lowest BCUT2D eigenvalue weighted by atomic mass is 9.95. The molecule has 4 aliphatic rings. The number of rotatable bonds is 24. The second kappa shape index (κ2) is 24.2. The van der Waals surface area contributed by atoms with E-state index in [1.54, 1.807) is 0 Å². The van der Waals surface area contributed by atoms with Crippen LogP contribution in [0.25, 0.3) is 0 Å². The highest BCUT2D eigenvalue weighted by Crippen LogP contribution is 2.39. The fourth-order valence-electron chi connectivity index (χ4n) is 7.68. The molecule has 4 heterocycles. The van der Waals surface area contributed by atoms with Crippen molar-refractivity contribution in [3.8, 4) is 0 Å². The molecule has 404 valence electrons. The molecule has 4 fully saturated rings. The van der Waals surface area contributed by atoms with Crippen LogP contribution in [-0.2, 0) is 129 Å². The maximum Gasteiger partial charge on any atom is 0.397 e. The number of hydrogen-bond acceptors (Lipinski definition) is 29. The lowest BCUT2D eigenvalue weighted by molar-refractivity contribution is -0.383. The predicted octanol–water partition coefficient (Wildman–Crippen LogP) is -6.33. The molecule has 0 bridgehead atoms. The third-order valence-electron chi connectivity index (χ3n) is 10.4. The maximum atomic E-state index is 13.0. The van der Waals surface area contributed by atoms with Gasteiger partial charge in [-0.15, -0.1) is 0 Å². The number of carbonyl (C=O) groups is 2. The molecule has 4 saturated heterocycles. The predicted molar refractivity (Wildman–Crippen MR) is 205 cm³/mol. The van der Waals surface area contributed by atoms with Crippen LogP contribution in [0.4, 0.5) is 0 Å². The fourth-order valence-corrected chi connectivity index (χ4v) is 9.28. The first-order valence-electron chi connectivity index (χ1n) is 19.0. The van der Waals surface area contributed by atoms with E-state index in [1.807, 2.05) is 0 Å². The Bertz CT molecular complexity index is 2160. The summed E-state index contributed by atoms with van der Waals surface area (Å²) in [5, 5.41) is 41.7. The van der Waals surface area contributed by atoms with Crippen molar-refractivity contribution in [2.75, 3.05) is 55.9 Å². The van der Waals surface area contributed by atoms with Crippen LogP contribution < -0.4 is 0 Å². The third-order valence-corrected chi connectivity index (χ3v) is 12.2. The van der Waals surface area contributed by atoms with Crippen molar-refractivity contribution in [3.05, 3.63) is 0 Å². The zero-order chi connectivity index (χ0) is 52.1. The third kappa shape index (κ3) is 15.4. The molecule has 39 heteroatoms. The van der Waals surface area contributed by atoms with Gasteiger partial charge in [-0.3, -0.25) is 18.2 Å². The Labute approximate surface area is 391 Å². The quantitative estimate of drug-likeness (QED) is 0.0417. The van der Waals surface area contributed by atoms with E-state index in [0.717, 1.165) is 42.7 Å². The van der Waals surface area contributed by atoms with Crippen molar-refractivity contribution < 1.29 is 160 Å². The number of carboxylic acid groups (broad SMARTS) is 2. The molecule has 4 rings (SSSR count). The molecule has 69 heavy (non-hydrogen) atoms. The van der Waals surface area contributed by atoms with Crippen molar-refractivity contribution in [2.24, 2.45) is 0 Å². The van der Waals surface area contributed by atoms with Crippen LogP contribution in [0, 0.1) is 0 Å². The van der Waals surface area contributed by atoms with Crippen molar-refractivity contribution in [1.82, 2.24) is 0 Å².